The summed E-state index contributed by atoms with van der Waals surface area (Å²) in [6, 6.07) is -0.197. The third kappa shape index (κ3) is 3.33. The van der Waals surface area contributed by atoms with Gasteiger partial charge in [-0.05, 0) is 12.1 Å². The molecule has 1 aromatic rings. The summed E-state index contributed by atoms with van der Waals surface area (Å²) in [5.41, 5.74) is -3.74. The standard InChI is InChI=1S/C9H7F6NO3S/c1-19-6-3-4(8(10,11)12)2-5(9(13,14)15)7(6)20(16,17)18/h2-3H,1H3,(H2,16,17,18). The van der Waals surface area contributed by atoms with E-state index < -0.39 is 44.1 Å². The van der Waals surface area contributed by atoms with Gasteiger partial charge >= 0.3 is 12.4 Å². The van der Waals surface area contributed by atoms with Crippen LogP contribution < -0.4 is 9.88 Å². The first-order valence-electron chi connectivity index (χ1n) is 4.67. The highest BCUT2D eigenvalue weighted by atomic mass is 32.2. The Morgan fingerprint density at radius 3 is 1.85 bits per heavy atom. The molecule has 4 nitrogen and oxygen atoms in total. The first-order chi connectivity index (χ1) is 8.78. The summed E-state index contributed by atoms with van der Waals surface area (Å²) in [6.07, 6.45) is -10.5. The molecule has 0 heterocycles. The van der Waals surface area contributed by atoms with E-state index >= 15 is 0 Å². The highest BCUT2D eigenvalue weighted by molar-refractivity contribution is 7.89. The van der Waals surface area contributed by atoms with E-state index in [1.165, 1.54) is 0 Å². The smallest absolute Gasteiger partial charge is 0.417 e. The average molecular weight is 323 g/mol. The van der Waals surface area contributed by atoms with Gasteiger partial charge in [0.2, 0.25) is 10.0 Å². The van der Waals surface area contributed by atoms with Crippen LogP contribution in [0.5, 0.6) is 5.75 Å². The van der Waals surface area contributed by atoms with E-state index in [9.17, 15) is 34.8 Å². The fourth-order valence-corrected chi connectivity index (χ4v) is 2.33. The van der Waals surface area contributed by atoms with Gasteiger partial charge in [-0.25, -0.2) is 13.6 Å². The van der Waals surface area contributed by atoms with Crippen molar-refractivity contribution >= 4 is 10.0 Å². The van der Waals surface area contributed by atoms with Crippen molar-refractivity contribution in [2.75, 3.05) is 7.11 Å². The average Bonchev–Trinajstić information content (AvgIpc) is 2.23. The van der Waals surface area contributed by atoms with E-state index in [0.29, 0.717) is 0 Å². The largest absolute Gasteiger partial charge is 0.495 e. The third-order valence-corrected chi connectivity index (χ3v) is 3.18. The summed E-state index contributed by atoms with van der Waals surface area (Å²) in [5.74, 6) is -1.13. The zero-order chi connectivity index (χ0) is 15.9. The van der Waals surface area contributed by atoms with Crippen molar-refractivity contribution in [1.29, 1.82) is 0 Å². The molecule has 0 unspecified atom stereocenters. The van der Waals surface area contributed by atoms with Gasteiger partial charge < -0.3 is 4.74 Å². The number of halogens is 6. The SMILES string of the molecule is COc1cc(C(F)(F)F)cc(C(F)(F)F)c1S(N)(=O)=O. The van der Waals surface area contributed by atoms with Crippen LogP contribution in [0.15, 0.2) is 17.0 Å². The molecule has 0 amide bonds. The fourth-order valence-electron chi connectivity index (χ4n) is 1.42. The highest BCUT2D eigenvalue weighted by Crippen LogP contribution is 2.42. The van der Waals surface area contributed by atoms with Crippen LogP contribution in [0.2, 0.25) is 0 Å². The van der Waals surface area contributed by atoms with Crippen LogP contribution in [-0.4, -0.2) is 15.5 Å². The molecule has 0 saturated carbocycles. The Kier molecular flexibility index (Phi) is 3.98. The van der Waals surface area contributed by atoms with E-state index in [1.54, 1.807) is 0 Å². The van der Waals surface area contributed by atoms with Gasteiger partial charge in [0.1, 0.15) is 10.6 Å². The van der Waals surface area contributed by atoms with Gasteiger partial charge in [0.15, 0.2) is 0 Å². The Morgan fingerprint density at radius 1 is 1.05 bits per heavy atom. The Morgan fingerprint density at radius 2 is 1.55 bits per heavy atom. The maximum absolute atomic E-state index is 12.7. The van der Waals surface area contributed by atoms with Crippen LogP contribution in [0, 0.1) is 0 Å². The lowest BCUT2D eigenvalue weighted by Gasteiger charge is -2.17. The summed E-state index contributed by atoms with van der Waals surface area (Å²) in [7, 11) is -4.21. The van der Waals surface area contributed by atoms with Crippen molar-refractivity contribution in [2.45, 2.75) is 17.2 Å². The zero-order valence-corrected chi connectivity index (χ0v) is 10.4. The van der Waals surface area contributed by atoms with Crippen molar-refractivity contribution in [3.05, 3.63) is 23.3 Å². The first kappa shape index (κ1) is 16.6. The van der Waals surface area contributed by atoms with Gasteiger partial charge in [0.25, 0.3) is 0 Å². The molecule has 1 rings (SSSR count). The fraction of sp³-hybridized carbons (Fsp3) is 0.333. The van der Waals surface area contributed by atoms with Gasteiger partial charge in [0, 0.05) is 0 Å². The van der Waals surface area contributed by atoms with Gasteiger partial charge in [-0.1, -0.05) is 0 Å². The van der Waals surface area contributed by atoms with Crippen molar-refractivity contribution in [3.63, 3.8) is 0 Å². The second-order valence-electron chi connectivity index (χ2n) is 3.60. The number of hydrogen-bond acceptors (Lipinski definition) is 3. The maximum atomic E-state index is 12.7. The number of benzene rings is 1. The monoisotopic (exact) mass is 323 g/mol. The molecule has 114 valence electrons. The molecule has 0 saturated heterocycles. The molecular weight excluding hydrogens is 316 g/mol. The molecule has 1 aromatic carbocycles. The van der Waals surface area contributed by atoms with Gasteiger partial charge in [-0.3, -0.25) is 0 Å². The predicted octanol–water partition coefficient (Wildman–Crippen LogP) is 2.38. The molecule has 20 heavy (non-hydrogen) atoms. The number of nitrogens with two attached hydrogens (primary N) is 1. The van der Waals surface area contributed by atoms with Crippen molar-refractivity contribution in [3.8, 4) is 5.75 Å². The van der Waals surface area contributed by atoms with E-state index in [4.69, 9.17) is 0 Å². The molecule has 0 atom stereocenters. The topological polar surface area (TPSA) is 69.4 Å². The number of rotatable bonds is 2. The summed E-state index contributed by atoms with van der Waals surface area (Å²) < 4.78 is 102. The second kappa shape index (κ2) is 4.81. The highest BCUT2D eigenvalue weighted by Gasteiger charge is 2.42. The number of sulfonamides is 1. The van der Waals surface area contributed by atoms with Gasteiger partial charge in [-0.2, -0.15) is 26.3 Å². The van der Waals surface area contributed by atoms with E-state index in [0.717, 1.165) is 7.11 Å². The van der Waals surface area contributed by atoms with Crippen LogP contribution in [0.1, 0.15) is 11.1 Å². The number of methoxy groups -OCH3 is 1. The molecule has 11 heteroatoms. The number of primary sulfonamides is 1. The molecule has 0 bridgehead atoms. The molecule has 0 spiro atoms. The lowest BCUT2D eigenvalue weighted by atomic mass is 10.1. The van der Waals surface area contributed by atoms with Crippen molar-refractivity contribution in [2.24, 2.45) is 5.14 Å². The Bertz CT molecular complexity index is 620. The molecule has 2 N–H and O–H groups in total. The van der Waals surface area contributed by atoms with Crippen LogP contribution in [0.4, 0.5) is 26.3 Å². The molecular formula is C9H7F6NO3S. The Balaban J connectivity index is 3.85. The quantitative estimate of drug-likeness (QED) is 0.850. The predicted molar refractivity (Wildman–Crippen MR) is 54.4 cm³/mol. The van der Waals surface area contributed by atoms with Crippen LogP contribution in [-0.2, 0) is 22.4 Å². The summed E-state index contributed by atoms with van der Waals surface area (Å²) >= 11 is 0. The van der Waals surface area contributed by atoms with Crippen LogP contribution in [0.3, 0.4) is 0 Å². The summed E-state index contributed by atoms with van der Waals surface area (Å²) in [6.45, 7) is 0. The first-order valence-corrected chi connectivity index (χ1v) is 6.22. The van der Waals surface area contributed by atoms with E-state index in [-0.39, 0.29) is 12.1 Å². The Labute approximate surface area is 109 Å². The normalized spacial score (nSPS) is 13.4. The number of ether oxygens (including phenoxy) is 1. The summed E-state index contributed by atoms with van der Waals surface area (Å²) in [4.78, 5) is -1.54. The molecule has 0 fully saturated rings. The van der Waals surface area contributed by atoms with Gasteiger partial charge in [0.05, 0.1) is 18.2 Å². The van der Waals surface area contributed by atoms with Crippen molar-refractivity contribution < 1.29 is 39.5 Å². The minimum atomic E-state index is -5.35. The number of hydrogen-bond donors (Lipinski definition) is 1. The minimum Gasteiger partial charge on any atom is -0.495 e. The van der Waals surface area contributed by atoms with E-state index in [1.807, 2.05) is 0 Å². The van der Waals surface area contributed by atoms with Crippen molar-refractivity contribution in [1.82, 2.24) is 0 Å². The summed E-state index contributed by atoms with van der Waals surface area (Å²) in [5, 5.41) is 4.60. The lowest BCUT2D eigenvalue weighted by Crippen LogP contribution is -2.21. The number of alkyl halides is 6. The zero-order valence-electron chi connectivity index (χ0n) is 9.63. The van der Waals surface area contributed by atoms with Gasteiger partial charge in [-0.15, -0.1) is 0 Å². The van der Waals surface area contributed by atoms with Crippen LogP contribution >= 0.6 is 0 Å². The molecule has 0 aliphatic carbocycles. The van der Waals surface area contributed by atoms with E-state index in [2.05, 4.69) is 9.88 Å². The minimum absolute atomic E-state index is 0.134. The Hall–Kier alpha value is -1.49. The maximum Gasteiger partial charge on any atom is 0.417 e. The lowest BCUT2D eigenvalue weighted by molar-refractivity contribution is -0.144. The molecule has 0 aromatic heterocycles. The molecule has 0 radical (unpaired) electrons. The molecule has 0 aliphatic heterocycles. The van der Waals surface area contributed by atoms with Crippen LogP contribution in [0.25, 0.3) is 0 Å². The second-order valence-corrected chi connectivity index (χ2v) is 5.09. The molecule has 0 aliphatic rings. The third-order valence-electron chi connectivity index (χ3n) is 2.19.